The van der Waals surface area contributed by atoms with E-state index in [4.69, 9.17) is 4.74 Å². The minimum absolute atomic E-state index is 0.0324. The molecule has 1 saturated carbocycles. The molecular formula is C16H25N3O2. The molecule has 0 bridgehead atoms. The fraction of sp³-hybridized carbons (Fsp3) is 0.625. The van der Waals surface area contributed by atoms with Crippen LogP contribution < -0.4 is 15.4 Å². The van der Waals surface area contributed by atoms with Crippen molar-refractivity contribution in [3.8, 4) is 5.75 Å². The first-order valence-electron chi connectivity index (χ1n) is 7.48. The quantitative estimate of drug-likeness (QED) is 0.875. The summed E-state index contributed by atoms with van der Waals surface area (Å²) in [7, 11) is 1.57. The molecular weight excluding hydrogens is 266 g/mol. The summed E-state index contributed by atoms with van der Waals surface area (Å²) >= 11 is 0. The predicted octanol–water partition coefficient (Wildman–Crippen LogP) is 2.83. The Morgan fingerprint density at radius 2 is 2.14 bits per heavy atom. The Morgan fingerprint density at radius 3 is 2.67 bits per heavy atom. The normalized spacial score (nSPS) is 15.2. The Morgan fingerprint density at radius 1 is 1.43 bits per heavy atom. The first-order chi connectivity index (χ1) is 9.90. The summed E-state index contributed by atoms with van der Waals surface area (Å²) in [6.45, 7) is 6.82. The summed E-state index contributed by atoms with van der Waals surface area (Å²) < 4.78 is 5.41. The molecule has 0 atom stereocenters. The predicted molar refractivity (Wildman–Crippen MR) is 83.8 cm³/mol. The number of nitrogens with one attached hydrogen (secondary N) is 2. The maximum absolute atomic E-state index is 12.3. The van der Waals surface area contributed by atoms with Crippen LogP contribution in [0.2, 0.25) is 0 Å². The van der Waals surface area contributed by atoms with Gasteiger partial charge in [-0.3, -0.25) is 4.79 Å². The van der Waals surface area contributed by atoms with Gasteiger partial charge < -0.3 is 15.4 Å². The number of nitrogens with zero attached hydrogens (tertiary/aromatic N) is 1. The number of carbonyl (C=O) groups is 1. The van der Waals surface area contributed by atoms with Crippen LogP contribution >= 0.6 is 0 Å². The molecule has 0 unspecified atom stereocenters. The lowest BCUT2D eigenvalue weighted by Gasteiger charge is -2.28. The molecule has 1 aliphatic rings. The van der Waals surface area contributed by atoms with Gasteiger partial charge in [0.15, 0.2) is 11.4 Å². The number of ether oxygens (including phenoxy) is 1. The third-order valence-corrected chi connectivity index (χ3v) is 3.57. The van der Waals surface area contributed by atoms with Crippen molar-refractivity contribution in [1.82, 2.24) is 10.3 Å². The molecule has 1 heterocycles. The van der Waals surface area contributed by atoms with Gasteiger partial charge >= 0.3 is 0 Å². The monoisotopic (exact) mass is 291 g/mol. The topological polar surface area (TPSA) is 63.2 Å². The smallest absolute Gasteiger partial charge is 0.273 e. The van der Waals surface area contributed by atoms with Crippen molar-refractivity contribution in [2.24, 2.45) is 5.41 Å². The highest BCUT2D eigenvalue weighted by Crippen LogP contribution is 2.31. The van der Waals surface area contributed by atoms with Gasteiger partial charge in [-0.1, -0.05) is 20.8 Å². The number of anilines is 1. The van der Waals surface area contributed by atoms with Crippen molar-refractivity contribution in [2.45, 2.75) is 46.1 Å². The van der Waals surface area contributed by atoms with Gasteiger partial charge in [-0.25, -0.2) is 4.98 Å². The lowest BCUT2D eigenvalue weighted by atomic mass is 9.93. The van der Waals surface area contributed by atoms with Gasteiger partial charge in [-0.15, -0.1) is 0 Å². The van der Waals surface area contributed by atoms with Crippen molar-refractivity contribution in [1.29, 1.82) is 0 Å². The maximum Gasteiger partial charge on any atom is 0.273 e. The molecule has 21 heavy (non-hydrogen) atoms. The SMILES string of the molecule is COc1c(NC2CCC2)ccnc1C(=O)NCC(C)(C)C. The molecule has 1 aromatic heterocycles. The molecule has 116 valence electrons. The lowest BCUT2D eigenvalue weighted by molar-refractivity contribution is 0.0931. The molecule has 1 aliphatic carbocycles. The zero-order valence-electron chi connectivity index (χ0n) is 13.3. The van der Waals surface area contributed by atoms with Gasteiger partial charge in [0.2, 0.25) is 0 Å². The van der Waals surface area contributed by atoms with E-state index in [2.05, 4.69) is 36.4 Å². The molecule has 1 fully saturated rings. The van der Waals surface area contributed by atoms with Crippen molar-refractivity contribution in [2.75, 3.05) is 19.0 Å². The Labute approximate surface area is 126 Å². The minimum Gasteiger partial charge on any atom is -0.492 e. The summed E-state index contributed by atoms with van der Waals surface area (Å²) in [5.41, 5.74) is 1.22. The Hall–Kier alpha value is -1.78. The summed E-state index contributed by atoms with van der Waals surface area (Å²) in [6, 6.07) is 2.34. The van der Waals surface area contributed by atoms with Crippen molar-refractivity contribution < 1.29 is 9.53 Å². The molecule has 1 amide bonds. The summed E-state index contributed by atoms with van der Waals surface area (Å²) in [4.78, 5) is 16.5. The van der Waals surface area contributed by atoms with Crippen molar-refractivity contribution >= 4 is 11.6 Å². The number of rotatable bonds is 5. The summed E-state index contributed by atoms with van der Waals surface area (Å²) in [5.74, 6) is 0.329. The van der Waals surface area contributed by atoms with Gasteiger partial charge in [-0.2, -0.15) is 0 Å². The first-order valence-corrected chi connectivity index (χ1v) is 7.48. The molecule has 0 saturated heterocycles. The second kappa shape index (κ2) is 6.33. The molecule has 0 aromatic carbocycles. The Bertz CT molecular complexity index is 505. The van der Waals surface area contributed by atoms with Crippen LogP contribution in [0.3, 0.4) is 0 Å². The zero-order chi connectivity index (χ0) is 15.5. The second-order valence-electron chi connectivity index (χ2n) is 6.76. The van der Waals surface area contributed by atoms with Gasteiger partial charge in [0.25, 0.3) is 5.91 Å². The van der Waals surface area contributed by atoms with E-state index in [-0.39, 0.29) is 11.3 Å². The molecule has 2 N–H and O–H groups in total. The molecule has 0 aliphatic heterocycles. The van der Waals surface area contributed by atoms with Gasteiger partial charge in [0, 0.05) is 18.8 Å². The zero-order valence-corrected chi connectivity index (χ0v) is 13.3. The van der Waals surface area contributed by atoms with E-state index in [1.807, 2.05) is 6.07 Å². The third kappa shape index (κ3) is 4.09. The molecule has 2 rings (SSSR count). The van der Waals surface area contributed by atoms with Crippen LogP contribution in [0.1, 0.15) is 50.5 Å². The highest BCUT2D eigenvalue weighted by molar-refractivity contribution is 5.96. The third-order valence-electron chi connectivity index (χ3n) is 3.57. The lowest BCUT2D eigenvalue weighted by Crippen LogP contribution is -2.33. The van der Waals surface area contributed by atoms with E-state index in [0.29, 0.717) is 24.0 Å². The number of aromatic nitrogens is 1. The van der Waals surface area contributed by atoms with Gasteiger partial charge in [-0.05, 0) is 30.7 Å². The van der Waals surface area contributed by atoms with Crippen LogP contribution in [0.5, 0.6) is 5.75 Å². The number of pyridine rings is 1. The largest absolute Gasteiger partial charge is 0.492 e. The highest BCUT2D eigenvalue weighted by atomic mass is 16.5. The Balaban J connectivity index is 2.14. The fourth-order valence-corrected chi connectivity index (χ4v) is 2.13. The van der Waals surface area contributed by atoms with Crippen LogP contribution in [0.25, 0.3) is 0 Å². The number of hydrogen-bond acceptors (Lipinski definition) is 4. The van der Waals surface area contributed by atoms with Crippen LogP contribution in [0.4, 0.5) is 5.69 Å². The first kappa shape index (κ1) is 15.6. The van der Waals surface area contributed by atoms with Crippen molar-refractivity contribution in [3.05, 3.63) is 18.0 Å². The molecule has 1 aromatic rings. The van der Waals surface area contributed by atoms with E-state index in [1.165, 1.54) is 6.42 Å². The number of amides is 1. The summed E-state index contributed by atoms with van der Waals surface area (Å²) in [6.07, 6.45) is 5.23. The van der Waals surface area contributed by atoms with Gasteiger partial charge in [0.05, 0.1) is 12.8 Å². The Kier molecular flexibility index (Phi) is 4.70. The molecule has 5 nitrogen and oxygen atoms in total. The van der Waals surface area contributed by atoms with E-state index in [0.717, 1.165) is 18.5 Å². The fourth-order valence-electron chi connectivity index (χ4n) is 2.13. The average Bonchev–Trinajstić information content (AvgIpc) is 2.38. The standard InChI is InChI=1S/C16H25N3O2/c1-16(2,3)10-18-15(20)13-14(21-4)12(8-9-17-13)19-11-6-5-7-11/h8-9,11H,5-7,10H2,1-4H3,(H,17,19)(H,18,20). The second-order valence-corrected chi connectivity index (χ2v) is 6.76. The summed E-state index contributed by atoms with van der Waals surface area (Å²) in [5, 5.41) is 6.33. The number of methoxy groups -OCH3 is 1. The average molecular weight is 291 g/mol. The van der Waals surface area contributed by atoms with Crippen molar-refractivity contribution in [3.63, 3.8) is 0 Å². The van der Waals surface area contributed by atoms with Crippen LogP contribution in [-0.4, -0.2) is 30.6 Å². The van der Waals surface area contributed by atoms with Crippen LogP contribution in [0.15, 0.2) is 12.3 Å². The van der Waals surface area contributed by atoms with Crippen LogP contribution in [0, 0.1) is 5.41 Å². The highest BCUT2D eigenvalue weighted by Gasteiger charge is 2.23. The number of carbonyl (C=O) groups excluding carboxylic acids is 1. The minimum atomic E-state index is -0.195. The van der Waals surface area contributed by atoms with Crippen LogP contribution in [-0.2, 0) is 0 Å². The van der Waals surface area contributed by atoms with Gasteiger partial charge in [0.1, 0.15) is 0 Å². The maximum atomic E-state index is 12.3. The molecule has 5 heteroatoms. The molecule has 0 spiro atoms. The van der Waals surface area contributed by atoms with E-state index in [9.17, 15) is 4.79 Å². The van der Waals surface area contributed by atoms with E-state index < -0.39 is 0 Å². The number of hydrogen-bond donors (Lipinski definition) is 2. The van der Waals surface area contributed by atoms with E-state index >= 15 is 0 Å². The van der Waals surface area contributed by atoms with E-state index in [1.54, 1.807) is 13.3 Å². The molecule has 0 radical (unpaired) electrons.